The Hall–Kier alpha value is -2.48. The molecule has 2 aromatic carbocycles. The van der Waals surface area contributed by atoms with Crippen LogP contribution in [0.4, 0.5) is 5.69 Å². The molecule has 0 saturated carbocycles. The lowest BCUT2D eigenvalue weighted by molar-refractivity contribution is -0.117. The van der Waals surface area contributed by atoms with Gasteiger partial charge in [-0.15, -0.1) is 0 Å². The van der Waals surface area contributed by atoms with Crippen LogP contribution in [0.2, 0.25) is 0 Å². The molecular weight excluding hydrogens is 398 g/mol. The number of benzene rings is 2. The normalized spacial score (nSPS) is 16.1. The number of aryl methyl sites for hydroxylation is 3. The summed E-state index contributed by atoms with van der Waals surface area (Å²) in [5.41, 5.74) is 4.96. The molecule has 0 atom stereocenters. The lowest BCUT2D eigenvalue weighted by atomic mass is 10.1. The SMILES string of the molecule is Cc1cc(C)c(NC(=O)CN2CCN(S(=O)(=O)/C=C/c3ccccc3)CC2)c(C)c1. The summed E-state index contributed by atoms with van der Waals surface area (Å²) in [6.45, 7) is 8.06. The molecule has 0 aliphatic carbocycles. The maximum absolute atomic E-state index is 12.6. The second-order valence-electron chi connectivity index (χ2n) is 7.76. The second kappa shape index (κ2) is 9.55. The van der Waals surface area contributed by atoms with E-state index in [1.165, 1.54) is 15.3 Å². The molecule has 1 fully saturated rings. The zero-order valence-corrected chi connectivity index (χ0v) is 18.6. The van der Waals surface area contributed by atoms with Crippen LogP contribution in [-0.2, 0) is 14.8 Å². The molecule has 0 bridgehead atoms. The molecule has 1 aliphatic rings. The minimum absolute atomic E-state index is 0.0784. The van der Waals surface area contributed by atoms with Gasteiger partial charge < -0.3 is 5.32 Å². The third-order valence-corrected chi connectivity index (χ3v) is 6.80. The van der Waals surface area contributed by atoms with Crippen LogP contribution in [0.5, 0.6) is 0 Å². The number of carbonyl (C=O) groups is 1. The van der Waals surface area contributed by atoms with Crippen molar-refractivity contribution in [2.75, 3.05) is 38.0 Å². The first-order valence-electron chi connectivity index (χ1n) is 10.1. The Kier molecular flexibility index (Phi) is 7.07. The van der Waals surface area contributed by atoms with Crippen molar-refractivity contribution in [1.82, 2.24) is 9.21 Å². The molecule has 1 saturated heterocycles. The van der Waals surface area contributed by atoms with Gasteiger partial charge in [-0.25, -0.2) is 8.42 Å². The summed E-state index contributed by atoms with van der Waals surface area (Å²) in [4.78, 5) is 14.5. The number of anilines is 1. The van der Waals surface area contributed by atoms with Gasteiger partial charge in [0, 0.05) is 37.3 Å². The van der Waals surface area contributed by atoms with E-state index in [2.05, 4.69) is 17.4 Å². The number of hydrogen-bond donors (Lipinski definition) is 1. The summed E-state index contributed by atoms with van der Waals surface area (Å²) in [5.74, 6) is -0.0784. The standard InChI is InChI=1S/C23H29N3O3S/c1-18-15-19(2)23(20(3)16-18)24-22(27)17-25-10-12-26(13-11-25)30(28,29)14-9-21-7-5-4-6-8-21/h4-9,14-16H,10-13,17H2,1-3H3,(H,24,27)/b14-9+. The van der Waals surface area contributed by atoms with E-state index in [0.29, 0.717) is 26.2 Å². The Morgan fingerprint density at radius 2 is 1.60 bits per heavy atom. The van der Waals surface area contributed by atoms with E-state index in [1.54, 1.807) is 6.08 Å². The van der Waals surface area contributed by atoms with E-state index < -0.39 is 10.0 Å². The number of sulfonamides is 1. The minimum atomic E-state index is -3.47. The van der Waals surface area contributed by atoms with Gasteiger partial charge in [0.15, 0.2) is 0 Å². The maximum Gasteiger partial charge on any atom is 0.238 e. The number of nitrogens with zero attached hydrogens (tertiary/aromatic N) is 2. The van der Waals surface area contributed by atoms with Crippen molar-refractivity contribution in [3.8, 4) is 0 Å². The van der Waals surface area contributed by atoms with Gasteiger partial charge in [0.2, 0.25) is 15.9 Å². The lowest BCUT2D eigenvalue weighted by Gasteiger charge is -2.32. The van der Waals surface area contributed by atoms with E-state index in [9.17, 15) is 13.2 Å². The van der Waals surface area contributed by atoms with Crippen molar-refractivity contribution in [2.24, 2.45) is 0 Å². The highest BCUT2D eigenvalue weighted by molar-refractivity contribution is 7.92. The Morgan fingerprint density at radius 1 is 1.00 bits per heavy atom. The predicted octanol–water partition coefficient (Wildman–Crippen LogP) is 3.17. The van der Waals surface area contributed by atoms with Crippen LogP contribution < -0.4 is 5.32 Å². The fourth-order valence-electron chi connectivity index (χ4n) is 3.72. The molecule has 2 aromatic rings. The average molecular weight is 428 g/mol. The fourth-order valence-corrected chi connectivity index (χ4v) is 4.89. The van der Waals surface area contributed by atoms with E-state index >= 15 is 0 Å². The average Bonchev–Trinajstić information content (AvgIpc) is 2.70. The molecule has 160 valence electrons. The first-order chi connectivity index (χ1) is 14.2. The molecule has 7 heteroatoms. The van der Waals surface area contributed by atoms with Crippen molar-refractivity contribution < 1.29 is 13.2 Å². The molecule has 1 amide bonds. The summed E-state index contributed by atoms with van der Waals surface area (Å²) in [7, 11) is -3.47. The summed E-state index contributed by atoms with van der Waals surface area (Å²) in [6, 6.07) is 13.5. The number of rotatable bonds is 6. The zero-order chi connectivity index (χ0) is 21.7. The Morgan fingerprint density at radius 3 is 2.20 bits per heavy atom. The van der Waals surface area contributed by atoms with Gasteiger partial charge in [0.05, 0.1) is 6.54 Å². The third-order valence-electron chi connectivity index (χ3n) is 5.23. The molecule has 0 aromatic heterocycles. The summed E-state index contributed by atoms with van der Waals surface area (Å²) < 4.78 is 26.6. The third kappa shape index (κ3) is 5.78. The van der Waals surface area contributed by atoms with Crippen LogP contribution in [0.15, 0.2) is 47.9 Å². The van der Waals surface area contributed by atoms with Crippen LogP contribution >= 0.6 is 0 Å². The molecule has 3 rings (SSSR count). The van der Waals surface area contributed by atoms with Gasteiger partial charge in [-0.05, 0) is 43.5 Å². The van der Waals surface area contributed by atoms with E-state index in [4.69, 9.17) is 0 Å². The lowest BCUT2D eigenvalue weighted by Crippen LogP contribution is -2.49. The predicted molar refractivity (Wildman–Crippen MR) is 122 cm³/mol. The van der Waals surface area contributed by atoms with Gasteiger partial charge in [0.1, 0.15) is 0 Å². The van der Waals surface area contributed by atoms with Gasteiger partial charge >= 0.3 is 0 Å². The zero-order valence-electron chi connectivity index (χ0n) is 17.8. The molecule has 30 heavy (non-hydrogen) atoms. The number of carbonyl (C=O) groups excluding carboxylic acids is 1. The Labute approximate surface area is 179 Å². The Balaban J connectivity index is 1.53. The highest BCUT2D eigenvalue weighted by Gasteiger charge is 2.26. The van der Waals surface area contributed by atoms with Gasteiger partial charge in [-0.1, -0.05) is 48.0 Å². The van der Waals surface area contributed by atoms with Gasteiger partial charge in [0.25, 0.3) is 0 Å². The number of hydrogen-bond acceptors (Lipinski definition) is 4. The molecule has 1 heterocycles. The molecular formula is C23H29N3O3S. The van der Waals surface area contributed by atoms with Crippen LogP contribution in [0, 0.1) is 20.8 Å². The highest BCUT2D eigenvalue weighted by atomic mass is 32.2. The van der Waals surface area contributed by atoms with E-state index in [1.807, 2.05) is 56.0 Å². The molecule has 0 radical (unpaired) electrons. The summed E-state index contributed by atoms with van der Waals surface area (Å²) >= 11 is 0. The van der Waals surface area contributed by atoms with Gasteiger partial charge in [-0.3, -0.25) is 9.69 Å². The van der Waals surface area contributed by atoms with Crippen LogP contribution in [0.1, 0.15) is 22.3 Å². The number of nitrogens with one attached hydrogen (secondary N) is 1. The second-order valence-corrected chi connectivity index (χ2v) is 9.57. The monoisotopic (exact) mass is 427 g/mol. The number of piperazine rings is 1. The van der Waals surface area contributed by atoms with Crippen LogP contribution in [-0.4, -0.2) is 56.3 Å². The molecule has 1 aliphatic heterocycles. The quantitative estimate of drug-likeness (QED) is 0.769. The van der Waals surface area contributed by atoms with Crippen molar-refractivity contribution in [2.45, 2.75) is 20.8 Å². The molecule has 0 spiro atoms. The highest BCUT2D eigenvalue weighted by Crippen LogP contribution is 2.22. The van der Waals surface area contributed by atoms with Crippen LogP contribution in [0.3, 0.4) is 0 Å². The van der Waals surface area contributed by atoms with Crippen molar-refractivity contribution in [3.63, 3.8) is 0 Å². The van der Waals surface area contributed by atoms with Crippen molar-refractivity contribution in [3.05, 3.63) is 70.1 Å². The summed E-state index contributed by atoms with van der Waals surface area (Å²) in [5, 5.41) is 4.27. The molecule has 0 unspecified atom stereocenters. The first kappa shape index (κ1) is 22.2. The maximum atomic E-state index is 12.6. The van der Waals surface area contributed by atoms with E-state index in [0.717, 1.165) is 22.4 Å². The Bertz CT molecular complexity index is 1000. The fraction of sp³-hybridized carbons (Fsp3) is 0.348. The van der Waals surface area contributed by atoms with Gasteiger partial charge in [-0.2, -0.15) is 4.31 Å². The largest absolute Gasteiger partial charge is 0.324 e. The minimum Gasteiger partial charge on any atom is -0.324 e. The van der Waals surface area contributed by atoms with Crippen molar-refractivity contribution >= 4 is 27.7 Å². The van der Waals surface area contributed by atoms with Crippen molar-refractivity contribution in [1.29, 1.82) is 0 Å². The molecule has 1 N–H and O–H groups in total. The topological polar surface area (TPSA) is 69.7 Å². The van der Waals surface area contributed by atoms with E-state index in [-0.39, 0.29) is 12.5 Å². The van der Waals surface area contributed by atoms with Crippen LogP contribution in [0.25, 0.3) is 6.08 Å². The first-order valence-corrected chi connectivity index (χ1v) is 11.6. The smallest absolute Gasteiger partial charge is 0.238 e. The number of amides is 1. The summed E-state index contributed by atoms with van der Waals surface area (Å²) in [6.07, 6.45) is 1.61. The molecule has 6 nitrogen and oxygen atoms in total.